The van der Waals surface area contributed by atoms with E-state index in [1.54, 1.807) is 40.0 Å². The second kappa shape index (κ2) is 4.25. The number of hydrogen-bond donors (Lipinski definition) is 1. The Morgan fingerprint density at radius 1 is 1.33 bits per heavy atom. The molecule has 0 aliphatic rings. The van der Waals surface area contributed by atoms with Crippen molar-refractivity contribution in [2.45, 2.75) is 26.4 Å². The average Bonchev–Trinajstić information content (AvgIpc) is 2.15. The lowest BCUT2D eigenvalue weighted by Gasteiger charge is -2.18. The molecule has 0 unspecified atom stereocenters. The summed E-state index contributed by atoms with van der Waals surface area (Å²) in [5, 5.41) is 10.3. The molecule has 0 bridgehead atoms. The summed E-state index contributed by atoms with van der Waals surface area (Å²) in [6.45, 7) is 5.42. The van der Waals surface area contributed by atoms with E-state index in [2.05, 4.69) is 15.5 Å². The molecule has 0 fully saturated rings. The van der Waals surface area contributed by atoms with Gasteiger partial charge in [-0.3, -0.25) is 0 Å². The van der Waals surface area contributed by atoms with Gasteiger partial charge in [-0.25, -0.2) is 4.79 Å². The van der Waals surface area contributed by atoms with Crippen molar-refractivity contribution in [1.82, 2.24) is 10.2 Å². The van der Waals surface area contributed by atoms with Crippen LogP contribution in [-0.4, -0.2) is 28.8 Å². The third-order valence-corrected chi connectivity index (χ3v) is 1.53. The summed E-state index contributed by atoms with van der Waals surface area (Å²) in [4.78, 5) is 11.5. The first-order chi connectivity index (χ1) is 6.92. The molecule has 0 spiro atoms. The van der Waals surface area contributed by atoms with Gasteiger partial charge in [0.2, 0.25) is 0 Å². The molecule has 0 radical (unpaired) electrons. The summed E-state index contributed by atoms with van der Waals surface area (Å²) in [6.07, 6.45) is 0. The number of ether oxygens (including phenoxy) is 1. The molecule has 0 atom stereocenters. The number of anilines is 1. The summed E-state index contributed by atoms with van der Waals surface area (Å²) >= 11 is 0. The maximum atomic E-state index is 11.5. The second-order valence-corrected chi connectivity index (χ2v) is 4.06. The Labute approximate surface area is 88.9 Å². The number of carbonyl (C=O) groups is 1. The molecule has 0 saturated heterocycles. The largest absolute Gasteiger partial charge is 0.455 e. The van der Waals surface area contributed by atoms with Crippen LogP contribution in [0.15, 0.2) is 12.1 Å². The van der Waals surface area contributed by atoms with Gasteiger partial charge in [-0.2, -0.15) is 0 Å². The Hall–Kier alpha value is -1.65. The van der Waals surface area contributed by atoms with Crippen molar-refractivity contribution in [2.75, 3.05) is 12.4 Å². The Balaban J connectivity index is 2.75. The van der Waals surface area contributed by atoms with Gasteiger partial charge in [0.05, 0.1) is 0 Å². The van der Waals surface area contributed by atoms with E-state index in [9.17, 15) is 4.79 Å². The van der Waals surface area contributed by atoms with Gasteiger partial charge in [0, 0.05) is 7.05 Å². The van der Waals surface area contributed by atoms with Crippen LogP contribution >= 0.6 is 0 Å². The molecule has 1 heterocycles. The maximum absolute atomic E-state index is 11.5. The Morgan fingerprint density at radius 2 is 2.00 bits per heavy atom. The topological polar surface area (TPSA) is 64.1 Å². The van der Waals surface area contributed by atoms with Gasteiger partial charge in [-0.1, -0.05) is 0 Å². The van der Waals surface area contributed by atoms with Gasteiger partial charge in [0.25, 0.3) is 0 Å². The highest BCUT2D eigenvalue weighted by Gasteiger charge is 2.18. The van der Waals surface area contributed by atoms with Crippen molar-refractivity contribution in [1.29, 1.82) is 0 Å². The fourth-order valence-electron chi connectivity index (χ4n) is 0.905. The normalized spacial score (nSPS) is 10.9. The molecule has 1 N–H and O–H groups in total. The van der Waals surface area contributed by atoms with E-state index < -0.39 is 11.6 Å². The standard InChI is InChI=1S/C10H15N3O2/c1-10(2,3)15-9(14)7-5-6-8(11-4)13-12-7/h5-6H,1-4H3,(H,11,13). The van der Waals surface area contributed by atoms with E-state index in [1.807, 2.05) is 0 Å². The number of carbonyl (C=O) groups excluding carboxylic acids is 1. The van der Waals surface area contributed by atoms with Gasteiger partial charge < -0.3 is 10.1 Å². The zero-order valence-corrected chi connectivity index (χ0v) is 9.37. The van der Waals surface area contributed by atoms with Crippen LogP contribution in [0.3, 0.4) is 0 Å². The van der Waals surface area contributed by atoms with Gasteiger partial charge in [0.15, 0.2) is 5.69 Å². The minimum absolute atomic E-state index is 0.212. The van der Waals surface area contributed by atoms with E-state index in [-0.39, 0.29) is 5.69 Å². The SMILES string of the molecule is CNc1ccc(C(=O)OC(C)(C)C)nn1. The van der Waals surface area contributed by atoms with Crippen LogP contribution in [0, 0.1) is 0 Å². The molecule has 1 aromatic heterocycles. The first-order valence-electron chi connectivity index (χ1n) is 4.67. The van der Waals surface area contributed by atoms with Gasteiger partial charge in [-0.05, 0) is 32.9 Å². The van der Waals surface area contributed by atoms with Gasteiger partial charge in [0.1, 0.15) is 11.4 Å². The minimum Gasteiger partial charge on any atom is -0.455 e. The number of rotatable bonds is 2. The number of nitrogens with one attached hydrogen (secondary N) is 1. The summed E-state index contributed by atoms with van der Waals surface area (Å²) in [6, 6.07) is 3.25. The second-order valence-electron chi connectivity index (χ2n) is 4.06. The number of esters is 1. The van der Waals surface area contributed by atoms with Crippen LogP contribution in [0.4, 0.5) is 5.82 Å². The zero-order valence-electron chi connectivity index (χ0n) is 9.37. The third-order valence-electron chi connectivity index (χ3n) is 1.53. The van der Waals surface area contributed by atoms with Crippen LogP contribution in [0.2, 0.25) is 0 Å². The van der Waals surface area contributed by atoms with E-state index in [0.717, 1.165) is 0 Å². The van der Waals surface area contributed by atoms with Crippen molar-refractivity contribution in [3.63, 3.8) is 0 Å². The van der Waals surface area contributed by atoms with E-state index in [0.29, 0.717) is 5.82 Å². The number of nitrogens with zero attached hydrogens (tertiary/aromatic N) is 2. The van der Waals surface area contributed by atoms with E-state index in [1.165, 1.54) is 0 Å². The molecule has 5 heteroatoms. The molecular formula is C10H15N3O2. The first-order valence-corrected chi connectivity index (χ1v) is 4.67. The Morgan fingerprint density at radius 3 is 2.40 bits per heavy atom. The van der Waals surface area contributed by atoms with Crippen molar-refractivity contribution in [3.05, 3.63) is 17.8 Å². The Bertz CT molecular complexity index is 341. The number of aromatic nitrogens is 2. The predicted molar refractivity (Wildman–Crippen MR) is 56.7 cm³/mol. The highest BCUT2D eigenvalue weighted by Crippen LogP contribution is 2.10. The molecule has 1 rings (SSSR count). The molecule has 15 heavy (non-hydrogen) atoms. The van der Waals surface area contributed by atoms with Gasteiger partial charge in [-0.15, -0.1) is 10.2 Å². The van der Waals surface area contributed by atoms with E-state index >= 15 is 0 Å². The third kappa shape index (κ3) is 3.53. The summed E-state index contributed by atoms with van der Waals surface area (Å²) in [5.41, 5.74) is -0.301. The Kier molecular flexibility index (Phi) is 3.24. The number of hydrogen-bond acceptors (Lipinski definition) is 5. The molecular weight excluding hydrogens is 194 g/mol. The maximum Gasteiger partial charge on any atom is 0.359 e. The van der Waals surface area contributed by atoms with Crippen molar-refractivity contribution >= 4 is 11.8 Å². The lowest BCUT2D eigenvalue weighted by molar-refractivity contribution is 0.00617. The summed E-state index contributed by atoms with van der Waals surface area (Å²) in [5.74, 6) is 0.153. The summed E-state index contributed by atoms with van der Waals surface area (Å²) in [7, 11) is 1.73. The molecule has 0 aliphatic carbocycles. The smallest absolute Gasteiger partial charge is 0.359 e. The highest BCUT2D eigenvalue weighted by molar-refractivity contribution is 5.87. The van der Waals surface area contributed by atoms with Crippen LogP contribution in [0.1, 0.15) is 31.3 Å². The highest BCUT2D eigenvalue weighted by atomic mass is 16.6. The predicted octanol–water partition coefficient (Wildman–Crippen LogP) is 1.47. The van der Waals surface area contributed by atoms with Crippen molar-refractivity contribution in [2.24, 2.45) is 0 Å². The molecule has 5 nitrogen and oxygen atoms in total. The van der Waals surface area contributed by atoms with Gasteiger partial charge >= 0.3 is 5.97 Å². The fourth-order valence-corrected chi connectivity index (χ4v) is 0.905. The lowest BCUT2D eigenvalue weighted by atomic mass is 10.2. The molecule has 0 aromatic carbocycles. The summed E-state index contributed by atoms with van der Waals surface area (Å²) < 4.78 is 5.14. The monoisotopic (exact) mass is 209 g/mol. The van der Waals surface area contributed by atoms with Crippen LogP contribution in [0.5, 0.6) is 0 Å². The van der Waals surface area contributed by atoms with Crippen LogP contribution < -0.4 is 5.32 Å². The van der Waals surface area contributed by atoms with Crippen molar-refractivity contribution < 1.29 is 9.53 Å². The molecule has 0 saturated carbocycles. The average molecular weight is 209 g/mol. The van der Waals surface area contributed by atoms with Crippen LogP contribution in [0.25, 0.3) is 0 Å². The fraction of sp³-hybridized carbons (Fsp3) is 0.500. The zero-order chi connectivity index (χ0) is 11.5. The molecule has 1 aromatic rings. The molecule has 0 amide bonds. The minimum atomic E-state index is -0.513. The van der Waals surface area contributed by atoms with E-state index in [4.69, 9.17) is 4.74 Å². The van der Waals surface area contributed by atoms with Crippen LogP contribution in [-0.2, 0) is 4.74 Å². The molecule has 0 aliphatic heterocycles. The quantitative estimate of drug-likeness (QED) is 0.747. The van der Waals surface area contributed by atoms with Crippen molar-refractivity contribution in [3.8, 4) is 0 Å². The lowest BCUT2D eigenvalue weighted by Crippen LogP contribution is -2.24. The molecule has 82 valence electrons. The first kappa shape index (κ1) is 11.4.